The van der Waals surface area contributed by atoms with Gasteiger partial charge in [-0.2, -0.15) is 0 Å². The van der Waals surface area contributed by atoms with Crippen molar-refractivity contribution in [2.75, 3.05) is 11.9 Å². The summed E-state index contributed by atoms with van der Waals surface area (Å²) in [4.78, 5) is 16.4. The zero-order valence-corrected chi connectivity index (χ0v) is 19.4. The predicted octanol–water partition coefficient (Wildman–Crippen LogP) is 2.08. The van der Waals surface area contributed by atoms with Crippen molar-refractivity contribution in [2.24, 2.45) is 7.05 Å². The number of carbonyl (C=O) groups excluding carboxylic acids is 1. The number of hydrogen-bond acceptors (Lipinski definition) is 6. The van der Waals surface area contributed by atoms with Gasteiger partial charge in [-0.05, 0) is 23.3 Å². The first-order chi connectivity index (χ1) is 16.3. The normalized spacial score (nSPS) is 20.2. The van der Waals surface area contributed by atoms with Gasteiger partial charge in [0.05, 0.1) is 31.5 Å². The second-order valence-electron chi connectivity index (χ2n) is 8.00. The average Bonchev–Trinajstić information content (AvgIpc) is 3.28. The Balaban J connectivity index is 1.35. The van der Waals surface area contributed by atoms with E-state index < -0.39 is 34.9 Å². The lowest BCUT2D eigenvalue weighted by molar-refractivity contribution is -0.120. The van der Waals surface area contributed by atoms with Gasteiger partial charge in [0, 0.05) is 18.9 Å². The van der Waals surface area contributed by atoms with Gasteiger partial charge in [-0.25, -0.2) is 18.1 Å². The molecule has 34 heavy (non-hydrogen) atoms. The summed E-state index contributed by atoms with van der Waals surface area (Å²) in [6.45, 7) is -0.418. The van der Waals surface area contributed by atoms with E-state index in [1.807, 2.05) is 54.6 Å². The molecule has 0 fully saturated rings. The fourth-order valence-corrected chi connectivity index (χ4v) is 4.85. The highest BCUT2D eigenvalue weighted by atomic mass is 32.2. The Morgan fingerprint density at radius 1 is 1.09 bits per heavy atom. The Labute approximate surface area is 198 Å². The SMILES string of the molecule is Cn1cnc(S(=O)(=O)N[C@@H]2C=C[C@H](CC(=O)Nc3ccc(-c4ccccc4)cc3)O[C@H]2CO)c1. The molecule has 1 aromatic heterocycles. The Bertz CT molecular complexity index is 1260. The van der Waals surface area contributed by atoms with Crippen LogP contribution >= 0.6 is 0 Å². The van der Waals surface area contributed by atoms with Crippen LogP contribution in [-0.2, 0) is 26.6 Å². The van der Waals surface area contributed by atoms with Crippen LogP contribution < -0.4 is 10.0 Å². The topological polar surface area (TPSA) is 123 Å². The van der Waals surface area contributed by atoms with Gasteiger partial charge in [0.25, 0.3) is 10.0 Å². The monoisotopic (exact) mass is 482 g/mol. The van der Waals surface area contributed by atoms with Crippen molar-refractivity contribution in [1.29, 1.82) is 0 Å². The van der Waals surface area contributed by atoms with Crippen LogP contribution in [0.1, 0.15) is 6.42 Å². The van der Waals surface area contributed by atoms with Gasteiger partial charge in [0.2, 0.25) is 5.91 Å². The maximum absolute atomic E-state index is 12.5. The van der Waals surface area contributed by atoms with Gasteiger partial charge in [0.1, 0.15) is 6.10 Å². The van der Waals surface area contributed by atoms with Crippen molar-refractivity contribution in [3.05, 3.63) is 79.3 Å². The molecule has 2 aromatic carbocycles. The molecule has 0 spiro atoms. The molecule has 10 heteroatoms. The van der Waals surface area contributed by atoms with E-state index in [9.17, 15) is 18.3 Å². The summed E-state index contributed by atoms with van der Waals surface area (Å²) in [6.07, 6.45) is 4.56. The largest absolute Gasteiger partial charge is 0.394 e. The number of nitrogens with zero attached hydrogens (tertiary/aromatic N) is 2. The standard InChI is InChI=1S/C24H26N4O5S/c1-28-14-24(25-16-28)34(31,32)27-21-12-11-20(33-22(21)15-29)13-23(30)26-19-9-7-18(8-10-19)17-5-3-2-4-6-17/h2-12,14,16,20-22,27,29H,13,15H2,1H3,(H,26,30)/t20-,21-,22+/m1/s1. The highest BCUT2D eigenvalue weighted by molar-refractivity contribution is 7.89. The van der Waals surface area contributed by atoms with E-state index in [0.717, 1.165) is 11.1 Å². The lowest BCUT2D eigenvalue weighted by Crippen LogP contribution is -2.48. The molecule has 9 nitrogen and oxygen atoms in total. The van der Waals surface area contributed by atoms with Crippen LogP contribution in [0.2, 0.25) is 0 Å². The second kappa shape index (κ2) is 10.3. The summed E-state index contributed by atoms with van der Waals surface area (Å²) in [7, 11) is -2.22. The predicted molar refractivity (Wildman–Crippen MR) is 127 cm³/mol. The van der Waals surface area contributed by atoms with E-state index in [4.69, 9.17) is 4.74 Å². The number of anilines is 1. The highest BCUT2D eigenvalue weighted by Gasteiger charge is 2.32. The van der Waals surface area contributed by atoms with Gasteiger partial charge >= 0.3 is 0 Å². The zero-order valence-electron chi connectivity index (χ0n) is 18.5. The minimum Gasteiger partial charge on any atom is -0.394 e. The maximum Gasteiger partial charge on any atom is 0.260 e. The summed E-state index contributed by atoms with van der Waals surface area (Å²) in [6, 6.07) is 16.7. The van der Waals surface area contributed by atoms with E-state index in [0.29, 0.717) is 5.69 Å². The lowest BCUT2D eigenvalue weighted by atomic mass is 10.0. The minimum atomic E-state index is -3.89. The first kappa shape index (κ1) is 23.8. The summed E-state index contributed by atoms with van der Waals surface area (Å²) in [5.74, 6) is -0.258. The molecule has 0 radical (unpaired) electrons. The molecule has 1 aliphatic heterocycles. The number of aliphatic hydroxyl groups is 1. The van der Waals surface area contributed by atoms with E-state index in [-0.39, 0.29) is 17.4 Å². The number of imidazole rings is 1. The number of carbonyl (C=O) groups is 1. The molecule has 0 bridgehead atoms. The summed E-state index contributed by atoms with van der Waals surface area (Å²) < 4.78 is 34.8. The summed E-state index contributed by atoms with van der Waals surface area (Å²) in [5.41, 5.74) is 2.79. The Morgan fingerprint density at radius 2 is 1.79 bits per heavy atom. The molecule has 1 amide bonds. The van der Waals surface area contributed by atoms with Crippen LogP contribution in [0.5, 0.6) is 0 Å². The van der Waals surface area contributed by atoms with Crippen molar-refractivity contribution in [3.63, 3.8) is 0 Å². The third-order valence-electron chi connectivity index (χ3n) is 5.37. The van der Waals surface area contributed by atoms with Gasteiger partial charge in [0.15, 0.2) is 5.03 Å². The molecule has 0 unspecified atom stereocenters. The van der Waals surface area contributed by atoms with Gasteiger partial charge in [-0.15, -0.1) is 0 Å². The number of aromatic nitrogens is 2. The molecule has 1 aliphatic rings. The first-order valence-corrected chi connectivity index (χ1v) is 12.2. The van der Waals surface area contributed by atoms with Crippen LogP contribution in [0, 0.1) is 0 Å². The third kappa shape index (κ3) is 5.78. The van der Waals surface area contributed by atoms with Gasteiger partial charge in [-0.3, -0.25) is 4.79 Å². The maximum atomic E-state index is 12.5. The number of hydrogen-bond donors (Lipinski definition) is 3. The van der Waals surface area contributed by atoms with Crippen molar-refractivity contribution < 1.29 is 23.1 Å². The Morgan fingerprint density at radius 3 is 2.44 bits per heavy atom. The van der Waals surface area contributed by atoms with E-state index in [1.54, 1.807) is 19.2 Å². The fourth-order valence-electron chi connectivity index (χ4n) is 3.65. The van der Waals surface area contributed by atoms with Crippen LogP contribution in [-0.4, -0.2) is 53.8 Å². The molecule has 3 atom stereocenters. The van der Waals surface area contributed by atoms with Crippen molar-refractivity contribution in [1.82, 2.24) is 14.3 Å². The Hall–Kier alpha value is -3.31. The summed E-state index contributed by atoms with van der Waals surface area (Å²) >= 11 is 0. The third-order valence-corrected chi connectivity index (χ3v) is 6.72. The molecule has 178 valence electrons. The number of rotatable bonds is 8. The highest BCUT2D eigenvalue weighted by Crippen LogP contribution is 2.22. The number of aryl methyl sites for hydroxylation is 1. The van der Waals surface area contributed by atoms with Crippen molar-refractivity contribution in [2.45, 2.75) is 29.7 Å². The van der Waals surface area contributed by atoms with E-state index in [1.165, 1.54) is 17.1 Å². The molecular formula is C24H26N4O5S. The van der Waals surface area contributed by atoms with E-state index in [2.05, 4.69) is 15.0 Å². The zero-order chi connectivity index (χ0) is 24.1. The fraction of sp³-hybridized carbons (Fsp3) is 0.250. The Kier molecular flexibility index (Phi) is 7.23. The second-order valence-corrected chi connectivity index (χ2v) is 9.66. The van der Waals surface area contributed by atoms with Gasteiger partial charge < -0.3 is 19.7 Å². The van der Waals surface area contributed by atoms with Gasteiger partial charge in [-0.1, -0.05) is 54.6 Å². The number of amides is 1. The summed E-state index contributed by atoms with van der Waals surface area (Å²) in [5, 5.41) is 12.4. The molecule has 0 saturated heterocycles. The minimum absolute atomic E-state index is 0.0210. The molecular weight excluding hydrogens is 456 g/mol. The van der Waals surface area contributed by atoms with E-state index >= 15 is 0 Å². The molecule has 3 aromatic rings. The number of sulfonamides is 1. The van der Waals surface area contributed by atoms with Crippen molar-refractivity contribution >= 4 is 21.6 Å². The number of ether oxygens (including phenoxy) is 1. The molecule has 0 aliphatic carbocycles. The van der Waals surface area contributed by atoms with Crippen LogP contribution in [0.4, 0.5) is 5.69 Å². The van der Waals surface area contributed by atoms with Crippen LogP contribution in [0.25, 0.3) is 11.1 Å². The van der Waals surface area contributed by atoms with Crippen LogP contribution in [0.15, 0.2) is 84.3 Å². The molecule has 4 rings (SSSR count). The lowest BCUT2D eigenvalue weighted by Gasteiger charge is -2.31. The van der Waals surface area contributed by atoms with Crippen LogP contribution in [0.3, 0.4) is 0 Å². The number of aliphatic hydroxyl groups excluding tert-OH is 1. The first-order valence-electron chi connectivity index (χ1n) is 10.7. The smallest absolute Gasteiger partial charge is 0.260 e. The quantitative estimate of drug-likeness (QED) is 0.423. The van der Waals surface area contributed by atoms with Crippen molar-refractivity contribution in [3.8, 4) is 11.1 Å². The number of nitrogens with one attached hydrogen (secondary N) is 2. The average molecular weight is 483 g/mol. The molecule has 0 saturated carbocycles. The molecule has 2 heterocycles. The molecule has 3 N–H and O–H groups in total. The number of benzene rings is 2.